The highest BCUT2D eigenvalue weighted by atomic mass is 16.1. The topological polar surface area (TPSA) is 72.9 Å². The molecule has 0 aliphatic heterocycles. The number of carbonyl (C=O) groups excluding carboxylic acids is 1. The summed E-state index contributed by atoms with van der Waals surface area (Å²) in [6.45, 7) is 3.84. The molecule has 1 aromatic rings. The summed E-state index contributed by atoms with van der Waals surface area (Å²) in [6, 6.07) is 0. The van der Waals surface area contributed by atoms with E-state index in [0.29, 0.717) is 13.1 Å². The zero-order valence-corrected chi connectivity index (χ0v) is 9.72. The second kappa shape index (κ2) is 7.00. The molecular formula is C11H20N4O. The first kappa shape index (κ1) is 12.7. The van der Waals surface area contributed by atoms with Crippen molar-refractivity contribution in [3.05, 3.63) is 18.7 Å². The Morgan fingerprint density at radius 1 is 1.62 bits per heavy atom. The van der Waals surface area contributed by atoms with E-state index in [1.165, 1.54) is 0 Å². The van der Waals surface area contributed by atoms with Gasteiger partial charge in [0.05, 0.1) is 12.2 Å². The van der Waals surface area contributed by atoms with Crippen LogP contribution in [0.5, 0.6) is 0 Å². The molecule has 0 saturated carbocycles. The zero-order chi connectivity index (χ0) is 11.8. The molecular weight excluding hydrogens is 204 g/mol. The highest BCUT2D eigenvalue weighted by Crippen LogP contribution is 2.03. The maximum atomic E-state index is 11.7. The number of aromatic nitrogens is 2. The van der Waals surface area contributed by atoms with Gasteiger partial charge in [0.2, 0.25) is 5.91 Å². The van der Waals surface area contributed by atoms with Gasteiger partial charge in [0.1, 0.15) is 0 Å². The summed E-state index contributed by atoms with van der Waals surface area (Å²) in [5.41, 5.74) is 5.55. The van der Waals surface area contributed by atoms with Crippen LogP contribution in [0.1, 0.15) is 19.8 Å². The van der Waals surface area contributed by atoms with Crippen molar-refractivity contribution < 1.29 is 4.79 Å². The van der Waals surface area contributed by atoms with Crippen LogP contribution in [0.25, 0.3) is 0 Å². The summed E-state index contributed by atoms with van der Waals surface area (Å²) < 4.78 is 1.93. The largest absolute Gasteiger partial charge is 0.354 e. The lowest BCUT2D eigenvalue weighted by Gasteiger charge is -2.13. The van der Waals surface area contributed by atoms with Crippen LogP contribution in [0.3, 0.4) is 0 Å². The number of amides is 1. The number of hydrogen-bond donors (Lipinski definition) is 2. The van der Waals surface area contributed by atoms with Crippen molar-refractivity contribution in [1.29, 1.82) is 0 Å². The Morgan fingerprint density at radius 2 is 2.44 bits per heavy atom. The first-order valence-electron chi connectivity index (χ1n) is 5.71. The predicted octanol–water partition coefficient (Wildman–Crippen LogP) is 0.374. The third-order valence-electron chi connectivity index (χ3n) is 2.52. The highest BCUT2D eigenvalue weighted by Gasteiger charge is 2.14. The Bertz CT molecular complexity index is 297. The van der Waals surface area contributed by atoms with Crippen molar-refractivity contribution >= 4 is 5.91 Å². The molecule has 0 aliphatic carbocycles. The lowest BCUT2D eigenvalue weighted by molar-refractivity contribution is -0.124. The van der Waals surface area contributed by atoms with E-state index in [1.54, 1.807) is 12.5 Å². The quantitative estimate of drug-likeness (QED) is 0.703. The minimum absolute atomic E-state index is 0.0483. The Hall–Kier alpha value is -1.36. The summed E-state index contributed by atoms with van der Waals surface area (Å²) in [5.74, 6) is 0.0113. The van der Waals surface area contributed by atoms with Crippen LogP contribution in [0, 0.1) is 5.92 Å². The van der Waals surface area contributed by atoms with Crippen LogP contribution in [-0.4, -0.2) is 28.5 Å². The summed E-state index contributed by atoms with van der Waals surface area (Å²) in [6.07, 6.45) is 7.17. The molecule has 90 valence electrons. The third-order valence-corrected chi connectivity index (χ3v) is 2.52. The number of rotatable bonds is 7. The smallest absolute Gasteiger partial charge is 0.224 e. The summed E-state index contributed by atoms with van der Waals surface area (Å²) in [4.78, 5) is 15.6. The van der Waals surface area contributed by atoms with Gasteiger partial charge in [-0.1, -0.05) is 13.3 Å². The molecule has 1 heterocycles. The highest BCUT2D eigenvalue weighted by molar-refractivity contribution is 5.78. The molecule has 3 N–H and O–H groups in total. The van der Waals surface area contributed by atoms with Gasteiger partial charge in [0.25, 0.3) is 0 Å². The van der Waals surface area contributed by atoms with E-state index in [1.807, 2.05) is 10.8 Å². The summed E-state index contributed by atoms with van der Waals surface area (Å²) >= 11 is 0. The molecule has 0 fully saturated rings. The van der Waals surface area contributed by atoms with E-state index in [4.69, 9.17) is 5.73 Å². The van der Waals surface area contributed by atoms with Gasteiger partial charge in [-0.2, -0.15) is 0 Å². The van der Waals surface area contributed by atoms with Gasteiger partial charge in [0.15, 0.2) is 0 Å². The van der Waals surface area contributed by atoms with E-state index in [-0.39, 0.29) is 11.8 Å². The number of nitrogens with zero attached hydrogens (tertiary/aromatic N) is 2. The lowest BCUT2D eigenvalue weighted by Crippen LogP contribution is -2.36. The monoisotopic (exact) mass is 224 g/mol. The molecule has 16 heavy (non-hydrogen) atoms. The first-order chi connectivity index (χ1) is 7.77. The van der Waals surface area contributed by atoms with Crippen LogP contribution in [0.4, 0.5) is 0 Å². The van der Waals surface area contributed by atoms with E-state index in [2.05, 4.69) is 17.2 Å². The number of hydrogen-bond acceptors (Lipinski definition) is 3. The minimum atomic E-state index is -0.0483. The molecule has 0 saturated heterocycles. The molecule has 0 bridgehead atoms. The molecule has 1 rings (SSSR count). The maximum absolute atomic E-state index is 11.7. The number of imidazole rings is 1. The molecule has 1 unspecified atom stereocenters. The average molecular weight is 224 g/mol. The summed E-state index contributed by atoms with van der Waals surface area (Å²) in [7, 11) is 0. The fourth-order valence-corrected chi connectivity index (χ4v) is 1.58. The van der Waals surface area contributed by atoms with Crippen LogP contribution in [0.15, 0.2) is 18.7 Å². The van der Waals surface area contributed by atoms with Gasteiger partial charge in [-0.05, 0) is 6.42 Å². The molecule has 0 spiro atoms. The fraction of sp³-hybridized carbons (Fsp3) is 0.636. The van der Waals surface area contributed by atoms with Crippen LogP contribution in [0.2, 0.25) is 0 Å². The molecule has 0 aromatic carbocycles. The number of carbonyl (C=O) groups is 1. The Morgan fingerprint density at radius 3 is 3.00 bits per heavy atom. The first-order valence-corrected chi connectivity index (χ1v) is 5.71. The normalized spacial score (nSPS) is 12.4. The number of nitrogens with one attached hydrogen (secondary N) is 1. The molecule has 5 nitrogen and oxygen atoms in total. The van der Waals surface area contributed by atoms with Crippen LogP contribution < -0.4 is 11.1 Å². The molecule has 1 atom stereocenters. The Balaban J connectivity index is 2.23. The van der Waals surface area contributed by atoms with E-state index >= 15 is 0 Å². The molecule has 1 aromatic heterocycles. The Labute approximate surface area is 96.0 Å². The Kier molecular flexibility index (Phi) is 5.56. The van der Waals surface area contributed by atoms with Crippen LogP contribution >= 0.6 is 0 Å². The van der Waals surface area contributed by atoms with Crippen molar-refractivity contribution in [3.63, 3.8) is 0 Å². The molecule has 1 amide bonds. The molecule has 0 radical (unpaired) electrons. The SMILES string of the molecule is CCCC(CN)C(=O)NCCn1ccnc1. The van der Waals surface area contributed by atoms with E-state index < -0.39 is 0 Å². The maximum Gasteiger partial charge on any atom is 0.224 e. The van der Waals surface area contributed by atoms with Crippen molar-refractivity contribution in [2.45, 2.75) is 26.3 Å². The van der Waals surface area contributed by atoms with Gasteiger partial charge < -0.3 is 15.6 Å². The molecule has 5 heteroatoms. The summed E-state index contributed by atoms with van der Waals surface area (Å²) in [5, 5.41) is 2.89. The van der Waals surface area contributed by atoms with Crippen molar-refractivity contribution in [2.75, 3.05) is 13.1 Å². The lowest BCUT2D eigenvalue weighted by atomic mass is 10.0. The van der Waals surface area contributed by atoms with E-state index in [9.17, 15) is 4.79 Å². The van der Waals surface area contributed by atoms with Crippen molar-refractivity contribution in [1.82, 2.24) is 14.9 Å². The van der Waals surface area contributed by atoms with Crippen molar-refractivity contribution in [2.24, 2.45) is 11.7 Å². The van der Waals surface area contributed by atoms with Crippen molar-refractivity contribution in [3.8, 4) is 0 Å². The van der Waals surface area contributed by atoms with Gasteiger partial charge in [0, 0.05) is 32.0 Å². The minimum Gasteiger partial charge on any atom is -0.354 e. The second-order valence-corrected chi connectivity index (χ2v) is 3.81. The van der Waals surface area contributed by atoms with E-state index in [0.717, 1.165) is 19.4 Å². The van der Waals surface area contributed by atoms with Gasteiger partial charge in [-0.25, -0.2) is 4.98 Å². The average Bonchev–Trinajstić information content (AvgIpc) is 2.78. The van der Waals surface area contributed by atoms with Crippen LogP contribution in [-0.2, 0) is 11.3 Å². The van der Waals surface area contributed by atoms with Gasteiger partial charge in [-0.3, -0.25) is 4.79 Å². The van der Waals surface area contributed by atoms with Gasteiger partial charge in [-0.15, -0.1) is 0 Å². The third kappa shape index (κ3) is 4.02. The standard InChI is InChI=1S/C11H20N4O/c1-2-3-10(8-12)11(16)14-5-7-15-6-4-13-9-15/h4,6,9-10H,2-3,5,7-8,12H2,1H3,(H,14,16). The molecule has 0 aliphatic rings. The fourth-order valence-electron chi connectivity index (χ4n) is 1.58. The zero-order valence-electron chi connectivity index (χ0n) is 9.72. The number of nitrogens with two attached hydrogens (primary N) is 1. The van der Waals surface area contributed by atoms with Gasteiger partial charge >= 0.3 is 0 Å². The predicted molar refractivity (Wildman–Crippen MR) is 62.7 cm³/mol. The second-order valence-electron chi connectivity index (χ2n) is 3.81.